The monoisotopic (exact) mass is 951 g/mol. The largest absolute Gasteiger partial charge is 0.480 e. The minimum absolute atomic E-state index is 0.0692. The number of aliphatic carboxylic acids is 1. The number of amides is 1. The van der Waals surface area contributed by atoms with Crippen molar-refractivity contribution >= 4 is 41.7 Å². The number of hydrogen-bond donors (Lipinski definition) is 3. The summed E-state index contributed by atoms with van der Waals surface area (Å²) in [7, 11) is 2.71. The summed E-state index contributed by atoms with van der Waals surface area (Å²) in [6.45, 7) is 10.4. The third kappa shape index (κ3) is 9.63. The number of methoxy groups -OCH3 is 2. The number of carboxylic acids is 1. The molecule has 3 aliphatic carbocycles. The summed E-state index contributed by atoms with van der Waals surface area (Å²) in [6, 6.07) is 14.4. The first kappa shape index (κ1) is 51.7. The molecule has 11 atom stereocenters. The highest BCUT2D eigenvalue weighted by Gasteiger charge is 2.78. The lowest BCUT2D eigenvalue weighted by Gasteiger charge is -2.67. The molecule has 6 rings (SSSR count). The van der Waals surface area contributed by atoms with Gasteiger partial charge in [-0.3, -0.25) is 9.59 Å². The zero-order chi connectivity index (χ0) is 50.1. The van der Waals surface area contributed by atoms with E-state index in [1.807, 2.05) is 0 Å². The molecule has 0 spiro atoms. The number of aliphatic hydroxyl groups is 1. The van der Waals surface area contributed by atoms with Crippen LogP contribution in [-0.2, 0) is 66.6 Å². The number of ketones is 1. The molecule has 0 aromatic heterocycles. The molecule has 2 aromatic rings. The molecule has 1 aliphatic heterocycles. The maximum absolute atomic E-state index is 15.7. The lowest BCUT2D eigenvalue weighted by Crippen LogP contribution is -2.82. The van der Waals surface area contributed by atoms with Gasteiger partial charge in [0.2, 0.25) is 6.10 Å². The Morgan fingerprint density at radius 1 is 0.912 bits per heavy atom. The maximum atomic E-state index is 15.7. The van der Waals surface area contributed by atoms with Crippen LogP contribution in [0, 0.1) is 16.7 Å². The van der Waals surface area contributed by atoms with Gasteiger partial charge in [-0.1, -0.05) is 62.4 Å². The molecular weight excluding hydrogens is 891 g/mol. The minimum atomic E-state index is -2.34. The van der Waals surface area contributed by atoms with Crippen molar-refractivity contribution in [3.8, 4) is 0 Å². The van der Waals surface area contributed by atoms with Crippen molar-refractivity contribution in [2.45, 2.75) is 128 Å². The van der Waals surface area contributed by atoms with Gasteiger partial charge in [-0.15, -0.1) is 0 Å². The second kappa shape index (κ2) is 19.7. The van der Waals surface area contributed by atoms with E-state index in [-0.39, 0.29) is 35.3 Å². The van der Waals surface area contributed by atoms with E-state index in [1.165, 1.54) is 33.3 Å². The molecule has 2 bridgehead atoms. The number of carboxylic acid groups (broad SMARTS) is 1. The highest BCUT2D eigenvalue weighted by Crippen LogP contribution is 2.65. The number of carbonyl (C=O) groups is 7. The van der Waals surface area contributed by atoms with Crippen molar-refractivity contribution in [1.29, 1.82) is 0 Å². The first-order valence-electron chi connectivity index (χ1n) is 22.2. The third-order valence-corrected chi connectivity index (χ3v) is 13.7. The predicted octanol–water partition coefficient (Wildman–Crippen LogP) is 4.22. The van der Waals surface area contributed by atoms with E-state index in [4.69, 9.17) is 47.7 Å². The van der Waals surface area contributed by atoms with E-state index in [9.17, 15) is 33.9 Å². The fourth-order valence-corrected chi connectivity index (χ4v) is 10.6. The number of fused-ring (bicyclic) bond motifs is 5. The molecule has 1 heterocycles. The Kier molecular flexibility index (Phi) is 15.0. The average molecular weight is 952 g/mol. The Hall–Kier alpha value is -5.73. The number of carbonyl (C=O) groups excluding carboxylic acids is 6. The molecule has 4 unspecified atom stereocenters. The molecule has 1 amide bonds. The molecule has 0 radical (unpaired) electrons. The van der Waals surface area contributed by atoms with Gasteiger partial charge in [0.15, 0.2) is 11.4 Å². The van der Waals surface area contributed by atoms with Crippen LogP contribution in [0.3, 0.4) is 0 Å². The second-order valence-electron chi connectivity index (χ2n) is 19.3. The Morgan fingerprint density at radius 2 is 1.54 bits per heavy atom. The normalized spacial score (nSPS) is 30.3. The van der Waals surface area contributed by atoms with Crippen LogP contribution in [0.2, 0.25) is 0 Å². The number of Topliss-reactive ketones (excluding diaryl/α,β-unsaturated/α-hetero) is 1. The smallest absolute Gasteiger partial charge is 0.408 e. The van der Waals surface area contributed by atoms with Gasteiger partial charge in [0.25, 0.3) is 0 Å². The molecule has 4 aliphatic rings. The predicted molar refractivity (Wildman–Crippen MR) is 236 cm³/mol. The molecule has 19 heteroatoms. The van der Waals surface area contributed by atoms with Crippen molar-refractivity contribution in [3.63, 3.8) is 0 Å². The highest BCUT2D eigenvalue weighted by molar-refractivity contribution is 5.94. The van der Waals surface area contributed by atoms with Crippen LogP contribution in [0.4, 0.5) is 4.79 Å². The summed E-state index contributed by atoms with van der Waals surface area (Å²) in [5, 5.41) is 25.6. The standard InChI is InChI=1S/C49H61NO18/c1-26-30(64-43(57)38(65-34(54)24-62-23-33(52)53)36(28-17-13-11-14-18-28)50-44(58)68-45(3,4)5)22-49(59)41(66-42(56)29-19-15-12-16-20-29)39-47(8,40(55)37(61-10)35(26)46(49,6)7)31(60-9)21-32-48(39,25-63-32)67-27(2)51/h11-20,30-32,36-39,41,59H,21-25H2,1-10H3,(H,50,58)(H,52,53)/t30-,31?,32?,36-,37?,38+,39-,41-,47?,48-,49+/m0/s1. The van der Waals surface area contributed by atoms with E-state index in [1.54, 1.807) is 97.0 Å². The summed E-state index contributed by atoms with van der Waals surface area (Å²) in [6.07, 6.45) is -10.1. The molecule has 370 valence electrons. The first-order valence-corrected chi connectivity index (χ1v) is 22.2. The zero-order valence-corrected chi connectivity index (χ0v) is 39.9. The van der Waals surface area contributed by atoms with Gasteiger partial charge in [0.05, 0.1) is 29.6 Å². The number of alkyl carbamates (subject to hydrolysis) is 1. The number of rotatable bonds is 15. The third-order valence-electron chi connectivity index (χ3n) is 13.7. The lowest BCUT2D eigenvalue weighted by atomic mass is 9.44. The minimum Gasteiger partial charge on any atom is -0.480 e. The molecule has 2 aromatic carbocycles. The average Bonchev–Trinajstić information content (AvgIpc) is 3.26. The number of esters is 4. The Morgan fingerprint density at radius 3 is 2.09 bits per heavy atom. The van der Waals surface area contributed by atoms with Gasteiger partial charge >= 0.3 is 35.9 Å². The van der Waals surface area contributed by atoms with Crippen molar-refractivity contribution in [1.82, 2.24) is 5.32 Å². The van der Waals surface area contributed by atoms with Crippen LogP contribution in [0.25, 0.3) is 0 Å². The maximum Gasteiger partial charge on any atom is 0.408 e. The Balaban J connectivity index is 1.55. The van der Waals surface area contributed by atoms with Crippen LogP contribution in [0.1, 0.15) is 90.2 Å². The second-order valence-corrected chi connectivity index (χ2v) is 19.3. The van der Waals surface area contributed by atoms with Crippen molar-refractivity contribution in [2.75, 3.05) is 34.0 Å². The number of benzene rings is 2. The van der Waals surface area contributed by atoms with Crippen molar-refractivity contribution in [2.24, 2.45) is 16.7 Å². The first-order chi connectivity index (χ1) is 31.9. The summed E-state index contributed by atoms with van der Waals surface area (Å²) in [4.78, 5) is 96.3. The summed E-state index contributed by atoms with van der Waals surface area (Å²) < 4.78 is 53.4. The quantitative estimate of drug-likeness (QED) is 0.128. The topological polar surface area (TPSA) is 255 Å². The lowest BCUT2D eigenvalue weighted by molar-refractivity contribution is -0.347. The summed E-state index contributed by atoms with van der Waals surface area (Å²) in [5.74, 6) is -7.47. The molecule has 1 saturated heterocycles. The van der Waals surface area contributed by atoms with Gasteiger partial charge in [-0.2, -0.15) is 0 Å². The molecular formula is C49H61NO18. The number of ether oxygens (including phenoxy) is 9. The molecule has 3 fully saturated rings. The fourth-order valence-electron chi connectivity index (χ4n) is 10.6. The molecule has 3 N–H and O–H groups in total. The van der Waals surface area contributed by atoms with Crippen molar-refractivity contribution in [3.05, 3.63) is 82.9 Å². The van der Waals surface area contributed by atoms with Crippen LogP contribution in [0.5, 0.6) is 0 Å². The Labute approximate surface area is 394 Å². The van der Waals surface area contributed by atoms with Gasteiger partial charge in [0.1, 0.15) is 54.9 Å². The van der Waals surface area contributed by atoms with E-state index in [2.05, 4.69) is 5.32 Å². The van der Waals surface area contributed by atoms with Crippen LogP contribution >= 0.6 is 0 Å². The van der Waals surface area contributed by atoms with Crippen LogP contribution in [0.15, 0.2) is 71.8 Å². The van der Waals surface area contributed by atoms with Crippen molar-refractivity contribution < 1.29 is 86.4 Å². The van der Waals surface area contributed by atoms with Gasteiger partial charge < -0.3 is 58.2 Å². The van der Waals surface area contributed by atoms with Gasteiger partial charge in [0, 0.05) is 39.4 Å². The van der Waals surface area contributed by atoms with Gasteiger partial charge in [-0.05, 0) is 63.5 Å². The van der Waals surface area contributed by atoms with Gasteiger partial charge in [-0.25, -0.2) is 24.0 Å². The van der Waals surface area contributed by atoms with Crippen LogP contribution in [-0.4, -0.2) is 139 Å². The van der Waals surface area contributed by atoms with Crippen LogP contribution < -0.4 is 5.32 Å². The zero-order valence-electron chi connectivity index (χ0n) is 39.9. The fraction of sp³-hybridized carbons (Fsp3) is 0.571. The SMILES string of the molecule is COC1C(=O)C2(C)C(OC)CC3OC[C@@]3(OC(C)=O)[C@H]2[C@H](OC(=O)c2ccccc2)[C@]2(O)C[C@H](OC(=O)[C@H](OC(=O)COCC(=O)O)[C@@H](NC(=O)OC(C)(C)C)c3ccccc3)C(C)=C1C2(C)C. The summed E-state index contributed by atoms with van der Waals surface area (Å²) >= 11 is 0. The highest BCUT2D eigenvalue weighted by atomic mass is 16.6. The van der Waals surface area contributed by atoms with E-state index in [0.717, 1.165) is 0 Å². The number of nitrogens with one attached hydrogen (secondary N) is 1. The molecule has 19 nitrogen and oxygen atoms in total. The Bertz CT molecular complexity index is 2290. The van der Waals surface area contributed by atoms with E-state index in [0.29, 0.717) is 0 Å². The van der Waals surface area contributed by atoms with E-state index >= 15 is 4.79 Å². The van der Waals surface area contributed by atoms with E-state index < -0.39 is 138 Å². The molecule has 68 heavy (non-hydrogen) atoms. The summed E-state index contributed by atoms with van der Waals surface area (Å²) in [5.41, 5.74) is -7.57. The molecule has 2 saturated carbocycles. The number of hydrogen-bond acceptors (Lipinski definition) is 17.